The largest absolute Gasteiger partial charge is 0.497 e. The van der Waals surface area contributed by atoms with Crippen molar-refractivity contribution in [2.75, 3.05) is 14.2 Å². The van der Waals surface area contributed by atoms with Gasteiger partial charge in [0.05, 0.1) is 31.2 Å². The van der Waals surface area contributed by atoms with Crippen LogP contribution in [0.3, 0.4) is 0 Å². The highest BCUT2D eigenvalue weighted by atomic mass is 35.5. The van der Waals surface area contributed by atoms with Gasteiger partial charge in [-0.25, -0.2) is 9.07 Å². The first kappa shape index (κ1) is 19.6. The highest BCUT2D eigenvalue weighted by Gasteiger charge is 2.15. The summed E-state index contributed by atoms with van der Waals surface area (Å²) in [6, 6.07) is 10.8. The lowest BCUT2D eigenvalue weighted by Crippen LogP contribution is -2.00. The number of benzene rings is 2. The predicted molar refractivity (Wildman–Crippen MR) is 106 cm³/mol. The van der Waals surface area contributed by atoms with Crippen molar-refractivity contribution >= 4 is 23.5 Å². The maximum absolute atomic E-state index is 13.1. The number of aryl methyl sites for hydroxylation is 1. The number of methoxy groups -OCH3 is 2. The zero-order chi connectivity index (χ0) is 20.3. The van der Waals surface area contributed by atoms with Gasteiger partial charge in [-0.3, -0.25) is 4.79 Å². The van der Waals surface area contributed by atoms with Crippen LogP contribution in [0.15, 0.2) is 48.5 Å². The molecule has 1 heterocycles. The van der Waals surface area contributed by atoms with E-state index in [0.29, 0.717) is 39.2 Å². The highest BCUT2D eigenvalue weighted by molar-refractivity contribution is 6.31. The molecular formula is C21H18ClFN2O3. The van der Waals surface area contributed by atoms with Crippen LogP contribution in [0.4, 0.5) is 4.39 Å². The van der Waals surface area contributed by atoms with E-state index in [1.807, 2.05) is 0 Å². The van der Waals surface area contributed by atoms with Gasteiger partial charge in [0.25, 0.3) is 0 Å². The van der Waals surface area contributed by atoms with Gasteiger partial charge in [-0.1, -0.05) is 11.6 Å². The number of carbonyl (C=O) groups is 1. The summed E-state index contributed by atoms with van der Waals surface area (Å²) in [5, 5.41) is 4.70. The minimum absolute atomic E-state index is 0.263. The fraction of sp³-hybridized carbons (Fsp3) is 0.143. The third kappa shape index (κ3) is 3.92. The lowest BCUT2D eigenvalue weighted by atomic mass is 10.1. The molecule has 0 unspecified atom stereocenters. The Balaban J connectivity index is 1.93. The minimum atomic E-state index is -0.346. The smallest absolute Gasteiger partial charge is 0.189 e. The van der Waals surface area contributed by atoms with Crippen LogP contribution < -0.4 is 9.47 Å². The van der Waals surface area contributed by atoms with E-state index < -0.39 is 0 Å². The number of rotatable bonds is 6. The number of allylic oxidation sites excluding steroid dienone is 1. The molecule has 7 heteroatoms. The molecule has 0 bridgehead atoms. The average molecular weight is 401 g/mol. The van der Waals surface area contributed by atoms with Crippen LogP contribution in [0.5, 0.6) is 11.5 Å². The summed E-state index contributed by atoms with van der Waals surface area (Å²) in [6.07, 6.45) is 3.01. The van der Waals surface area contributed by atoms with Crippen molar-refractivity contribution in [1.29, 1.82) is 0 Å². The normalized spacial score (nSPS) is 11.0. The maximum Gasteiger partial charge on any atom is 0.189 e. The molecule has 0 aliphatic carbocycles. The SMILES string of the molecule is COc1ccc(OC)c(C(=O)/C=C/c2c(C)nn(-c3ccc(F)cc3)c2Cl)c1. The van der Waals surface area contributed by atoms with Crippen molar-refractivity contribution in [3.63, 3.8) is 0 Å². The van der Waals surface area contributed by atoms with Gasteiger partial charge in [0, 0.05) is 5.56 Å². The van der Waals surface area contributed by atoms with Crippen molar-refractivity contribution in [3.8, 4) is 17.2 Å². The summed E-state index contributed by atoms with van der Waals surface area (Å²) in [5.74, 6) is 0.388. The van der Waals surface area contributed by atoms with E-state index in [-0.39, 0.29) is 11.6 Å². The highest BCUT2D eigenvalue weighted by Crippen LogP contribution is 2.27. The van der Waals surface area contributed by atoms with E-state index >= 15 is 0 Å². The Kier molecular flexibility index (Phi) is 5.80. The summed E-state index contributed by atoms with van der Waals surface area (Å²) < 4.78 is 25.1. The Morgan fingerprint density at radius 2 is 1.86 bits per heavy atom. The second-order valence-electron chi connectivity index (χ2n) is 5.94. The summed E-state index contributed by atoms with van der Waals surface area (Å²) >= 11 is 6.44. The van der Waals surface area contributed by atoms with Gasteiger partial charge in [-0.15, -0.1) is 0 Å². The number of hydrogen-bond donors (Lipinski definition) is 0. The molecule has 2 aromatic carbocycles. The third-order valence-corrected chi connectivity index (χ3v) is 4.56. The van der Waals surface area contributed by atoms with Crippen molar-refractivity contribution in [3.05, 3.63) is 76.3 Å². The lowest BCUT2D eigenvalue weighted by Gasteiger charge is -2.07. The molecule has 28 heavy (non-hydrogen) atoms. The average Bonchev–Trinajstić information content (AvgIpc) is 2.99. The predicted octanol–water partition coefficient (Wildman–Crippen LogP) is 4.89. The first-order valence-corrected chi connectivity index (χ1v) is 8.78. The fourth-order valence-electron chi connectivity index (χ4n) is 2.71. The fourth-order valence-corrected chi connectivity index (χ4v) is 3.04. The molecule has 0 N–H and O–H groups in total. The third-order valence-electron chi connectivity index (χ3n) is 4.19. The quantitative estimate of drug-likeness (QED) is 0.437. The van der Waals surface area contributed by atoms with E-state index in [1.54, 1.807) is 43.3 Å². The summed E-state index contributed by atoms with van der Waals surface area (Å²) in [5.41, 5.74) is 2.23. The van der Waals surface area contributed by atoms with E-state index in [1.165, 1.54) is 37.1 Å². The molecule has 0 spiro atoms. The standard InChI is InChI=1S/C21H18ClFN2O3/c1-13-17(21(22)25(24-13)15-6-4-14(23)5-7-15)9-10-19(26)18-12-16(27-2)8-11-20(18)28-3/h4-12H,1-3H3/b10-9+. The van der Waals surface area contributed by atoms with Gasteiger partial charge in [0.2, 0.25) is 0 Å². The molecule has 0 aliphatic heterocycles. The zero-order valence-corrected chi connectivity index (χ0v) is 16.3. The number of halogens is 2. The summed E-state index contributed by atoms with van der Waals surface area (Å²) in [6.45, 7) is 1.78. The molecule has 0 radical (unpaired) electrons. The molecule has 0 saturated heterocycles. The molecule has 0 aliphatic rings. The first-order valence-electron chi connectivity index (χ1n) is 8.40. The van der Waals surface area contributed by atoms with Gasteiger partial charge in [-0.05, 0) is 61.5 Å². The molecule has 0 atom stereocenters. The van der Waals surface area contributed by atoms with Crippen LogP contribution in [-0.2, 0) is 0 Å². The number of ketones is 1. The molecule has 3 rings (SSSR count). The number of aromatic nitrogens is 2. The van der Waals surface area contributed by atoms with Crippen LogP contribution in [0.2, 0.25) is 5.15 Å². The first-order chi connectivity index (χ1) is 13.4. The number of nitrogens with zero attached hydrogens (tertiary/aromatic N) is 2. The Morgan fingerprint density at radius 1 is 1.14 bits per heavy atom. The van der Waals surface area contributed by atoms with Crippen LogP contribution in [-0.4, -0.2) is 29.8 Å². The van der Waals surface area contributed by atoms with Crippen molar-refractivity contribution < 1.29 is 18.7 Å². The van der Waals surface area contributed by atoms with Gasteiger partial charge in [0.1, 0.15) is 22.5 Å². The van der Waals surface area contributed by atoms with Crippen molar-refractivity contribution in [1.82, 2.24) is 9.78 Å². The number of carbonyl (C=O) groups excluding carboxylic acids is 1. The van der Waals surface area contributed by atoms with Crippen molar-refractivity contribution in [2.45, 2.75) is 6.92 Å². The lowest BCUT2D eigenvalue weighted by molar-refractivity contribution is 0.104. The summed E-state index contributed by atoms with van der Waals surface area (Å²) in [4.78, 5) is 12.7. The Hall–Kier alpha value is -3.12. The molecule has 0 fully saturated rings. The maximum atomic E-state index is 13.1. The van der Waals surface area contributed by atoms with Crippen LogP contribution in [0.1, 0.15) is 21.6 Å². The van der Waals surface area contributed by atoms with E-state index in [9.17, 15) is 9.18 Å². The van der Waals surface area contributed by atoms with Crippen LogP contribution in [0.25, 0.3) is 11.8 Å². The Labute approximate surface area is 167 Å². The van der Waals surface area contributed by atoms with E-state index in [0.717, 1.165) is 0 Å². The summed E-state index contributed by atoms with van der Waals surface area (Å²) in [7, 11) is 3.02. The van der Waals surface area contributed by atoms with E-state index in [4.69, 9.17) is 21.1 Å². The van der Waals surface area contributed by atoms with Crippen LogP contribution >= 0.6 is 11.6 Å². The van der Waals surface area contributed by atoms with Gasteiger partial charge in [0.15, 0.2) is 5.78 Å². The second-order valence-corrected chi connectivity index (χ2v) is 6.30. The topological polar surface area (TPSA) is 53.4 Å². The van der Waals surface area contributed by atoms with Gasteiger partial charge in [-0.2, -0.15) is 5.10 Å². The minimum Gasteiger partial charge on any atom is -0.497 e. The molecule has 144 valence electrons. The van der Waals surface area contributed by atoms with Gasteiger partial charge < -0.3 is 9.47 Å². The number of hydrogen-bond acceptors (Lipinski definition) is 4. The zero-order valence-electron chi connectivity index (χ0n) is 15.6. The molecule has 3 aromatic rings. The molecule has 1 aromatic heterocycles. The van der Waals surface area contributed by atoms with E-state index in [2.05, 4.69) is 5.10 Å². The Morgan fingerprint density at radius 3 is 2.50 bits per heavy atom. The molecular weight excluding hydrogens is 383 g/mol. The van der Waals surface area contributed by atoms with Crippen LogP contribution in [0, 0.1) is 12.7 Å². The second kappa shape index (κ2) is 8.27. The van der Waals surface area contributed by atoms with Gasteiger partial charge >= 0.3 is 0 Å². The molecule has 0 saturated carbocycles. The van der Waals surface area contributed by atoms with Crippen molar-refractivity contribution in [2.24, 2.45) is 0 Å². The molecule has 5 nitrogen and oxygen atoms in total. The molecule has 0 amide bonds. The number of ether oxygens (including phenoxy) is 2. The Bertz CT molecular complexity index is 1040. The monoisotopic (exact) mass is 400 g/mol.